The lowest BCUT2D eigenvalue weighted by atomic mass is 9.94. The third kappa shape index (κ3) is 3.15. The molecule has 1 N–H and O–H groups in total. The number of hydrogen-bond donors (Lipinski definition) is 1. The van der Waals surface area contributed by atoms with Crippen molar-refractivity contribution >= 4 is 21.4 Å². The zero-order chi connectivity index (χ0) is 14.8. The van der Waals surface area contributed by atoms with E-state index in [4.69, 9.17) is 0 Å². The molecule has 1 saturated heterocycles. The first-order chi connectivity index (χ1) is 10.2. The van der Waals surface area contributed by atoms with Crippen LogP contribution in [0.3, 0.4) is 0 Å². The van der Waals surface area contributed by atoms with Crippen molar-refractivity contribution in [1.29, 1.82) is 0 Å². The highest BCUT2D eigenvalue weighted by Gasteiger charge is 2.29. The summed E-state index contributed by atoms with van der Waals surface area (Å²) in [5, 5.41) is 7.45. The lowest BCUT2D eigenvalue weighted by Gasteiger charge is -2.42. The molecule has 1 fully saturated rings. The minimum atomic E-state index is 0.593. The molecule has 0 radical (unpaired) electrons. The lowest BCUT2D eigenvalue weighted by Crippen LogP contribution is -2.57. The highest BCUT2D eigenvalue weighted by Crippen LogP contribution is 2.28. The van der Waals surface area contributed by atoms with Gasteiger partial charge in [-0.25, -0.2) is 0 Å². The van der Waals surface area contributed by atoms with Crippen molar-refractivity contribution in [3.8, 4) is 0 Å². The first kappa shape index (κ1) is 15.0. The third-order valence-electron chi connectivity index (χ3n) is 4.89. The van der Waals surface area contributed by atoms with Crippen molar-refractivity contribution < 1.29 is 0 Å². The van der Waals surface area contributed by atoms with Gasteiger partial charge in [-0.3, -0.25) is 4.90 Å². The SMILES string of the molecule is CCC(C)C1CNC(C)CN1Cc1csc2ccccc12. The Kier molecular flexibility index (Phi) is 4.63. The summed E-state index contributed by atoms with van der Waals surface area (Å²) in [7, 11) is 0. The van der Waals surface area contributed by atoms with E-state index in [9.17, 15) is 0 Å². The number of hydrogen-bond acceptors (Lipinski definition) is 3. The van der Waals surface area contributed by atoms with Gasteiger partial charge in [-0.2, -0.15) is 0 Å². The summed E-state index contributed by atoms with van der Waals surface area (Å²) < 4.78 is 1.41. The second-order valence-corrected chi connectivity index (χ2v) is 7.36. The maximum absolute atomic E-state index is 3.65. The van der Waals surface area contributed by atoms with Gasteiger partial charge in [0.2, 0.25) is 0 Å². The second kappa shape index (κ2) is 6.47. The van der Waals surface area contributed by atoms with Crippen LogP contribution in [0.5, 0.6) is 0 Å². The molecule has 0 amide bonds. The van der Waals surface area contributed by atoms with Crippen LogP contribution in [0.2, 0.25) is 0 Å². The van der Waals surface area contributed by atoms with E-state index in [1.165, 1.54) is 22.1 Å². The minimum Gasteiger partial charge on any atom is -0.311 e. The molecule has 1 aliphatic heterocycles. The Hall–Kier alpha value is -0.900. The largest absolute Gasteiger partial charge is 0.311 e. The number of fused-ring (bicyclic) bond motifs is 1. The van der Waals surface area contributed by atoms with E-state index in [-0.39, 0.29) is 0 Å². The van der Waals surface area contributed by atoms with Gasteiger partial charge < -0.3 is 5.32 Å². The summed E-state index contributed by atoms with van der Waals surface area (Å²) in [5.41, 5.74) is 1.50. The summed E-state index contributed by atoms with van der Waals surface area (Å²) >= 11 is 1.88. The van der Waals surface area contributed by atoms with E-state index in [0.29, 0.717) is 12.1 Å². The van der Waals surface area contributed by atoms with E-state index in [1.807, 2.05) is 11.3 Å². The number of nitrogens with one attached hydrogen (secondary N) is 1. The predicted molar refractivity (Wildman–Crippen MR) is 92.9 cm³/mol. The summed E-state index contributed by atoms with van der Waals surface area (Å²) in [6.45, 7) is 10.4. The molecule has 3 rings (SSSR count). The van der Waals surface area contributed by atoms with Crippen molar-refractivity contribution in [2.24, 2.45) is 5.92 Å². The maximum atomic E-state index is 3.65. The number of benzene rings is 1. The molecule has 0 spiro atoms. The normalized spacial score (nSPS) is 25.3. The molecule has 2 nitrogen and oxygen atoms in total. The molecule has 0 aliphatic carbocycles. The summed E-state index contributed by atoms with van der Waals surface area (Å²) in [4.78, 5) is 2.70. The average Bonchev–Trinajstić information content (AvgIpc) is 2.90. The molecular formula is C18H26N2S. The van der Waals surface area contributed by atoms with E-state index in [0.717, 1.165) is 25.6 Å². The van der Waals surface area contributed by atoms with Crippen molar-refractivity contribution in [3.05, 3.63) is 35.2 Å². The van der Waals surface area contributed by atoms with Gasteiger partial charge in [0, 0.05) is 36.4 Å². The standard InChI is InChI=1S/C18H26N2S/c1-4-13(2)17-9-19-14(3)10-20(17)11-15-12-21-18-8-6-5-7-16(15)18/h5-8,12-14,17,19H,4,9-11H2,1-3H3. The van der Waals surface area contributed by atoms with Gasteiger partial charge in [-0.15, -0.1) is 11.3 Å². The zero-order valence-corrected chi connectivity index (χ0v) is 14.1. The molecule has 3 atom stereocenters. The van der Waals surface area contributed by atoms with Crippen LogP contribution in [0, 0.1) is 5.92 Å². The Morgan fingerprint density at radius 2 is 2.19 bits per heavy atom. The second-order valence-electron chi connectivity index (χ2n) is 6.45. The van der Waals surface area contributed by atoms with Crippen molar-refractivity contribution in [2.45, 2.75) is 45.8 Å². The Morgan fingerprint density at radius 3 is 3.00 bits per heavy atom. The molecule has 3 unspecified atom stereocenters. The Morgan fingerprint density at radius 1 is 1.38 bits per heavy atom. The molecule has 21 heavy (non-hydrogen) atoms. The average molecular weight is 302 g/mol. The molecule has 2 aromatic rings. The van der Waals surface area contributed by atoms with Crippen LogP contribution in [-0.2, 0) is 6.54 Å². The molecular weight excluding hydrogens is 276 g/mol. The fourth-order valence-corrected chi connectivity index (χ4v) is 4.35. The van der Waals surface area contributed by atoms with Gasteiger partial charge in [0.05, 0.1) is 0 Å². The molecule has 2 heterocycles. The molecule has 1 aromatic heterocycles. The zero-order valence-electron chi connectivity index (χ0n) is 13.3. The van der Waals surface area contributed by atoms with Crippen LogP contribution < -0.4 is 5.32 Å². The molecule has 1 aromatic carbocycles. The monoisotopic (exact) mass is 302 g/mol. The molecule has 0 bridgehead atoms. The van der Waals surface area contributed by atoms with Gasteiger partial charge in [0.15, 0.2) is 0 Å². The summed E-state index contributed by atoms with van der Waals surface area (Å²) in [5.74, 6) is 0.745. The highest BCUT2D eigenvalue weighted by molar-refractivity contribution is 7.17. The van der Waals surface area contributed by atoms with E-state index in [1.54, 1.807) is 0 Å². The smallest absolute Gasteiger partial charge is 0.0346 e. The Labute approximate surface area is 132 Å². The van der Waals surface area contributed by atoms with Gasteiger partial charge in [0.25, 0.3) is 0 Å². The van der Waals surface area contributed by atoms with Gasteiger partial charge in [-0.05, 0) is 35.2 Å². The Balaban J connectivity index is 1.83. The first-order valence-corrected chi connectivity index (χ1v) is 8.99. The van der Waals surface area contributed by atoms with Crippen molar-refractivity contribution in [2.75, 3.05) is 13.1 Å². The van der Waals surface area contributed by atoms with Gasteiger partial charge in [0.1, 0.15) is 0 Å². The predicted octanol–water partition coefficient (Wildman–Crippen LogP) is 4.11. The molecule has 114 valence electrons. The van der Waals surface area contributed by atoms with Gasteiger partial charge >= 0.3 is 0 Å². The van der Waals surface area contributed by atoms with Crippen LogP contribution in [0.4, 0.5) is 0 Å². The molecule has 3 heteroatoms. The number of thiophene rings is 1. The van der Waals surface area contributed by atoms with E-state index >= 15 is 0 Å². The van der Waals surface area contributed by atoms with Crippen LogP contribution in [0.15, 0.2) is 29.6 Å². The van der Waals surface area contributed by atoms with Crippen LogP contribution >= 0.6 is 11.3 Å². The summed E-state index contributed by atoms with van der Waals surface area (Å²) in [6.07, 6.45) is 1.25. The quantitative estimate of drug-likeness (QED) is 0.914. The van der Waals surface area contributed by atoms with Crippen molar-refractivity contribution in [1.82, 2.24) is 10.2 Å². The minimum absolute atomic E-state index is 0.593. The number of piperazine rings is 1. The first-order valence-electron chi connectivity index (χ1n) is 8.11. The number of nitrogens with zero attached hydrogens (tertiary/aromatic N) is 1. The van der Waals surface area contributed by atoms with Crippen molar-refractivity contribution in [3.63, 3.8) is 0 Å². The van der Waals surface area contributed by atoms with Crippen LogP contribution in [0.25, 0.3) is 10.1 Å². The van der Waals surface area contributed by atoms with Crippen LogP contribution in [0.1, 0.15) is 32.8 Å². The summed E-state index contributed by atoms with van der Waals surface area (Å²) in [6, 6.07) is 10.0. The number of rotatable bonds is 4. The third-order valence-corrected chi connectivity index (χ3v) is 5.90. The Bertz CT molecular complexity index is 592. The fraction of sp³-hybridized carbons (Fsp3) is 0.556. The lowest BCUT2D eigenvalue weighted by molar-refractivity contribution is 0.0890. The van der Waals surface area contributed by atoms with E-state index in [2.05, 4.69) is 60.6 Å². The fourth-order valence-electron chi connectivity index (χ4n) is 3.39. The molecule has 1 aliphatic rings. The highest BCUT2D eigenvalue weighted by atomic mass is 32.1. The van der Waals surface area contributed by atoms with Gasteiger partial charge in [-0.1, -0.05) is 38.5 Å². The van der Waals surface area contributed by atoms with Crippen LogP contribution in [-0.4, -0.2) is 30.1 Å². The van der Waals surface area contributed by atoms with E-state index < -0.39 is 0 Å². The molecule has 0 saturated carbocycles. The topological polar surface area (TPSA) is 15.3 Å². The maximum Gasteiger partial charge on any atom is 0.0346 e.